The second kappa shape index (κ2) is 10.6. The number of halogens is 1. The number of nitrogens with zero attached hydrogens (tertiary/aromatic N) is 1. The first-order valence-corrected chi connectivity index (χ1v) is 10.5. The summed E-state index contributed by atoms with van der Waals surface area (Å²) in [6, 6.07) is 7.11. The zero-order chi connectivity index (χ0) is 19.8. The van der Waals surface area contributed by atoms with E-state index in [9.17, 15) is 14.4 Å². The van der Waals surface area contributed by atoms with E-state index in [1.54, 1.807) is 24.3 Å². The fourth-order valence-corrected chi connectivity index (χ4v) is 3.86. The minimum atomic E-state index is -0.495. The Hall–Kier alpha value is -1.73. The molecule has 2 atom stereocenters. The predicted octanol–water partition coefficient (Wildman–Crippen LogP) is 3.34. The summed E-state index contributed by atoms with van der Waals surface area (Å²) in [4.78, 5) is 37.8. The summed E-state index contributed by atoms with van der Waals surface area (Å²) in [5.74, 6) is -0.737. The van der Waals surface area contributed by atoms with E-state index in [1.165, 1.54) is 0 Å². The molecule has 148 valence electrons. The van der Waals surface area contributed by atoms with Crippen molar-refractivity contribution in [3.8, 4) is 0 Å². The van der Waals surface area contributed by atoms with Crippen molar-refractivity contribution in [2.24, 2.45) is 0 Å². The molecule has 8 heteroatoms. The molecule has 1 aliphatic heterocycles. The molecule has 1 N–H and O–H groups in total. The van der Waals surface area contributed by atoms with Gasteiger partial charge in [-0.05, 0) is 57.4 Å². The number of nitrogens with one attached hydrogen (secondary N) is 1. The van der Waals surface area contributed by atoms with Crippen LogP contribution in [0.1, 0.15) is 33.1 Å². The molecular formula is C19H25ClN2O4S. The van der Waals surface area contributed by atoms with Crippen LogP contribution in [0.2, 0.25) is 5.02 Å². The lowest BCUT2D eigenvalue weighted by atomic mass is 9.97. The van der Waals surface area contributed by atoms with E-state index in [1.807, 2.05) is 18.7 Å². The number of carbonyl (C=O) groups is 3. The number of amides is 2. The molecule has 27 heavy (non-hydrogen) atoms. The maximum atomic E-state index is 12.3. The zero-order valence-electron chi connectivity index (χ0n) is 15.6. The number of hydrogen-bond acceptors (Lipinski definition) is 5. The van der Waals surface area contributed by atoms with Crippen molar-refractivity contribution in [3.05, 3.63) is 29.3 Å². The Morgan fingerprint density at radius 3 is 2.41 bits per heavy atom. The Balaban J connectivity index is 1.64. The zero-order valence-corrected chi connectivity index (χ0v) is 17.1. The first-order valence-electron chi connectivity index (χ1n) is 8.96. The number of benzene rings is 1. The maximum absolute atomic E-state index is 12.3. The van der Waals surface area contributed by atoms with Gasteiger partial charge >= 0.3 is 5.97 Å². The van der Waals surface area contributed by atoms with Gasteiger partial charge in [0, 0.05) is 22.8 Å². The number of hydrogen-bond donors (Lipinski definition) is 1. The van der Waals surface area contributed by atoms with Crippen molar-refractivity contribution in [2.45, 2.75) is 45.2 Å². The Kier molecular flexibility index (Phi) is 8.44. The number of ether oxygens (including phenoxy) is 1. The van der Waals surface area contributed by atoms with Crippen molar-refractivity contribution < 1.29 is 19.1 Å². The van der Waals surface area contributed by atoms with Gasteiger partial charge in [-0.2, -0.15) is 0 Å². The number of rotatable bonds is 7. The van der Waals surface area contributed by atoms with Gasteiger partial charge < -0.3 is 15.0 Å². The fraction of sp³-hybridized carbons (Fsp3) is 0.526. The van der Waals surface area contributed by atoms with E-state index < -0.39 is 5.97 Å². The summed E-state index contributed by atoms with van der Waals surface area (Å²) < 4.78 is 5.07. The molecule has 1 aromatic carbocycles. The number of carbonyl (C=O) groups excluding carboxylic acids is 3. The first kappa shape index (κ1) is 21.6. The average Bonchev–Trinajstić information content (AvgIpc) is 2.62. The molecule has 1 heterocycles. The molecule has 0 unspecified atom stereocenters. The molecule has 1 aromatic rings. The first-order chi connectivity index (χ1) is 12.9. The van der Waals surface area contributed by atoms with Crippen LogP contribution in [-0.2, 0) is 19.1 Å². The molecule has 0 saturated carbocycles. The third kappa shape index (κ3) is 7.07. The van der Waals surface area contributed by atoms with Crippen LogP contribution >= 0.6 is 23.4 Å². The fourth-order valence-electron chi connectivity index (χ4n) is 3.13. The van der Waals surface area contributed by atoms with Crippen LogP contribution in [0.5, 0.6) is 0 Å². The highest BCUT2D eigenvalue weighted by atomic mass is 35.5. The van der Waals surface area contributed by atoms with Crippen LogP contribution in [-0.4, -0.2) is 52.9 Å². The Bertz CT molecular complexity index is 658. The van der Waals surface area contributed by atoms with Gasteiger partial charge in [-0.25, -0.2) is 0 Å². The van der Waals surface area contributed by atoms with Gasteiger partial charge in [-0.1, -0.05) is 11.6 Å². The van der Waals surface area contributed by atoms with Crippen LogP contribution in [0.25, 0.3) is 0 Å². The summed E-state index contributed by atoms with van der Waals surface area (Å²) >= 11 is 6.93. The molecule has 1 fully saturated rings. The summed E-state index contributed by atoms with van der Waals surface area (Å²) in [6.07, 6.45) is 3.06. The van der Waals surface area contributed by atoms with Crippen molar-refractivity contribution in [1.82, 2.24) is 4.90 Å². The van der Waals surface area contributed by atoms with Crippen molar-refractivity contribution in [1.29, 1.82) is 0 Å². The Labute approximate surface area is 169 Å². The van der Waals surface area contributed by atoms with Gasteiger partial charge in [-0.15, -0.1) is 11.8 Å². The standard InChI is InChI=1S/C19H25ClN2O4S/c1-13-4-3-5-14(2)22(13)18(24)10-26-19(25)12-27-11-17(23)21-16-8-6-15(20)7-9-16/h6-9,13-14H,3-5,10-12H2,1-2H3,(H,21,23)/t13-,14+. The molecule has 2 amide bonds. The largest absolute Gasteiger partial charge is 0.455 e. The summed E-state index contributed by atoms with van der Waals surface area (Å²) in [7, 11) is 0. The number of likely N-dealkylation sites (tertiary alicyclic amines) is 1. The smallest absolute Gasteiger partial charge is 0.316 e. The highest BCUT2D eigenvalue weighted by Gasteiger charge is 2.29. The number of esters is 1. The second-order valence-electron chi connectivity index (χ2n) is 6.64. The summed E-state index contributed by atoms with van der Waals surface area (Å²) in [5, 5.41) is 3.31. The van der Waals surface area contributed by atoms with E-state index in [4.69, 9.17) is 16.3 Å². The van der Waals surface area contributed by atoms with Gasteiger partial charge in [0.25, 0.3) is 5.91 Å². The molecule has 6 nitrogen and oxygen atoms in total. The second-order valence-corrected chi connectivity index (χ2v) is 8.06. The molecule has 0 aliphatic carbocycles. The monoisotopic (exact) mass is 412 g/mol. The van der Waals surface area contributed by atoms with E-state index >= 15 is 0 Å². The predicted molar refractivity (Wildman–Crippen MR) is 108 cm³/mol. The van der Waals surface area contributed by atoms with Crippen LogP contribution in [0, 0.1) is 0 Å². The summed E-state index contributed by atoms with van der Waals surface area (Å²) in [6.45, 7) is 3.79. The average molecular weight is 413 g/mol. The lowest BCUT2D eigenvalue weighted by molar-refractivity contribution is -0.153. The number of thioether (sulfide) groups is 1. The lowest BCUT2D eigenvalue weighted by Gasteiger charge is -2.38. The normalized spacial score (nSPS) is 19.4. The molecule has 0 spiro atoms. The van der Waals surface area contributed by atoms with Gasteiger partial charge in [0.15, 0.2) is 6.61 Å². The van der Waals surface area contributed by atoms with Gasteiger partial charge in [0.05, 0.1) is 11.5 Å². The lowest BCUT2D eigenvalue weighted by Crippen LogP contribution is -2.49. The molecule has 0 bridgehead atoms. The number of piperidine rings is 1. The van der Waals surface area contributed by atoms with E-state index in [2.05, 4.69) is 5.32 Å². The minimum absolute atomic E-state index is 0.0203. The molecular weight excluding hydrogens is 388 g/mol. The van der Waals surface area contributed by atoms with Crippen LogP contribution in [0.3, 0.4) is 0 Å². The Morgan fingerprint density at radius 1 is 1.15 bits per heavy atom. The van der Waals surface area contributed by atoms with Crippen molar-refractivity contribution in [2.75, 3.05) is 23.4 Å². The third-order valence-corrected chi connectivity index (χ3v) is 5.58. The highest BCUT2D eigenvalue weighted by molar-refractivity contribution is 8.00. The van der Waals surface area contributed by atoms with Crippen LogP contribution in [0.15, 0.2) is 24.3 Å². The highest BCUT2D eigenvalue weighted by Crippen LogP contribution is 2.22. The van der Waals surface area contributed by atoms with Crippen molar-refractivity contribution >= 4 is 46.8 Å². The van der Waals surface area contributed by atoms with Crippen molar-refractivity contribution in [3.63, 3.8) is 0 Å². The number of anilines is 1. The molecule has 0 aromatic heterocycles. The van der Waals surface area contributed by atoms with E-state index in [0.29, 0.717) is 10.7 Å². The quantitative estimate of drug-likeness (QED) is 0.695. The van der Waals surface area contributed by atoms with Gasteiger partial charge in [0.2, 0.25) is 5.91 Å². The van der Waals surface area contributed by atoms with Crippen LogP contribution < -0.4 is 5.32 Å². The van der Waals surface area contributed by atoms with E-state index in [-0.39, 0.29) is 42.0 Å². The topological polar surface area (TPSA) is 75.7 Å². The SMILES string of the molecule is C[C@@H]1CCC[C@H](C)N1C(=O)COC(=O)CSCC(=O)Nc1ccc(Cl)cc1. The molecule has 1 saturated heterocycles. The molecule has 1 aliphatic rings. The third-order valence-electron chi connectivity index (χ3n) is 4.42. The van der Waals surface area contributed by atoms with E-state index in [0.717, 1.165) is 31.0 Å². The minimum Gasteiger partial charge on any atom is -0.455 e. The molecule has 0 radical (unpaired) electrons. The maximum Gasteiger partial charge on any atom is 0.316 e. The molecule has 2 rings (SSSR count). The van der Waals surface area contributed by atoms with Crippen LogP contribution in [0.4, 0.5) is 5.69 Å². The van der Waals surface area contributed by atoms with Gasteiger partial charge in [-0.3, -0.25) is 14.4 Å². The van der Waals surface area contributed by atoms with Gasteiger partial charge in [0.1, 0.15) is 0 Å². The Morgan fingerprint density at radius 2 is 1.78 bits per heavy atom. The summed E-state index contributed by atoms with van der Waals surface area (Å²) in [5.41, 5.74) is 0.642.